The number of hydrogen-bond acceptors (Lipinski definition) is 2. The molecule has 4 nitrogen and oxygen atoms in total. The van der Waals surface area contributed by atoms with E-state index in [1.54, 1.807) is 0 Å². The number of nitrogens with one attached hydrogen (secondary N) is 2. The smallest absolute Gasteiger partial charge is 0.240 e. The van der Waals surface area contributed by atoms with Crippen molar-refractivity contribution in [2.75, 3.05) is 6.54 Å². The molecule has 18 heavy (non-hydrogen) atoms. The number of aryl methyl sites for hydroxylation is 1. The van der Waals surface area contributed by atoms with Crippen LogP contribution in [0.5, 0.6) is 0 Å². The van der Waals surface area contributed by atoms with E-state index in [0.717, 1.165) is 23.0 Å². The van der Waals surface area contributed by atoms with Crippen LogP contribution in [0.2, 0.25) is 0 Å². The molecule has 1 amide bonds. The predicted octanol–water partition coefficient (Wildman–Crippen LogP) is 2.53. The molecule has 1 heterocycles. The van der Waals surface area contributed by atoms with Gasteiger partial charge in [-0.15, -0.1) is 0 Å². The zero-order chi connectivity index (χ0) is 13.1. The third kappa shape index (κ3) is 2.61. The highest BCUT2D eigenvalue weighted by Crippen LogP contribution is 2.15. The molecular formula is C13H17N3OS. The molecule has 0 spiro atoms. The van der Waals surface area contributed by atoms with Gasteiger partial charge in [0.25, 0.3) is 0 Å². The molecule has 2 aromatic rings. The van der Waals surface area contributed by atoms with Gasteiger partial charge in [-0.2, -0.15) is 0 Å². The Bertz CT molecular complexity index is 627. The van der Waals surface area contributed by atoms with Gasteiger partial charge in [0.05, 0.1) is 11.0 Å². The molecule has 1 aromatic heterocycles. The van der Waals surface area contributed by atoms with Crippen LogP contribution in [-0.4, -0.2) is 22.0 Å². The van der Waals surface area contributed by atoms with E-state index in [9.17, 15) is 4.79 Å². The first-order valence-electron chi connectivity index (χ1n) is 6.07. The van der Waals surface area contributed by atoms with Crippen molar-refractivity contribution in [3.63, 3.8) is 0 Å². The van der Waals surface area contributed by atoms with Crippen molar-refractivity contribution >= 4 is 29.2 Å². The zero-order valence-electron chi connectivity index (χ0n) is 10.6. The number of carbonyl (C=O) groups excluding carboxylic acids is 1. The maximum Gasteiger partial charge on any atom is 0.240 e. The Morgan fingerprint density at radius 3 is 3.00 bits per heavy atom. The molecule has 0 aliphatic heterocycles. The van der Waals surface area contributed by atoms with Crippen LogP contribution in [0.4, 0.5) is 0 Å². The van der Waals surface area contributed by atoms with Crippen molar-refractivity contribution in [2.45, 2.75) is 26.8 Å². The van der Waals surface area contributed by atoms with Gasteiger partial charge in [-0.25, -0.2) is 0 Å². The largest absolute Gasteiger partial charge is 0.355 e. The molecule has 0 aliphatic carbocycles. The molecular weight excluding hydrogens is 246 g/mol. The minimum atomic E-state index is -0.00430. The molecule has 0 bridgehead atoms. The maximum absolute atomic E-state index is 11.8. The van der Waals surface area contributed by atoms with Gasteiger partial charge in [-0.1, -0.05) is 13.0 Å². The van der Waals surface area contributed by atoms with E-state index in [0.29, 0.717) is 11.3 Å². The van der Waals surface area contributed by atoms with Crippen molar-refractivity contribution in [1.29, 1.82) is 0 Å². The van der Waals surface area contributed by atoms with E-state index in [-0.39, 0.29) is 12.5 Å². The maximum atomic E-state index is 11.8. The van der Waals surface area contributed by atoms with Crippen LogP contribution in [0.15, 0.2) is 18.2 Å². The van der Waals surface area contributed by atoms with Crippen molar-refractivity contribution in [1.82, 2.24) is 14.9 Å². The van der Waals surface area contributed by atoms with Gasteiger partial charge >= 0.3 is 0 Å². The molecule has 0 saturated heterocycles. The number of aromatic amines is 1. The van der Waals surface area contributed by atoms with E-state index < -0.39 is 0 Å². The van der Waals surface area contributed by atoms with Crippen LogP contribution in [-0.2, 0) is 11.3 Å². The lowest BCUT2D eigenvalue weighted by atomic mass is 10.2. The summed E-state index contributed by atoms with van der Waals surface area (Å²) in [6.07, 6.45) is 0.935. The lowest BCUT2D eigenvalue weighted by molar-refractivity contribution is -0.121. The van der Waals surface area contributed by atoms with Crippen LogP contribution in [0.1, 0.15) is 18.9 Å². The summed E-state index contributed by atoms with van der Waals surface area (Å²) in [5.74, 6) is -0.00430. The van der Waals surface area contributed by atoms with E-state index in [1.807, 2.05) is 36.6 Å². The van der Waals surface area contributed by atoms with Crippen LogP contribution < -0.4 is 5.32 Å². The number of rotatable bonds is 4. The molecule has 2 rings (SSSR count). The summed E-state index contributed by atoms with van der Waals surface area (Å²) >= 11 is 5.25. The fourth-order valence-electron chi connectivity index (χ4n) is 1.88. The van der Waals surface area contributed by atoms with Gasteiger partial charge in [-0.05, 0) is 43.3 Å². The highest BCUT2D eigenvalue weighted by Gasteiger charge is 2.08. The first kappa shape index (κ1) is 12.8. The van der Waals surface area contributed by atoms with Crippen molar-refractivity contribution < 1.29 is 4.79 Å². The molecule has 96 valence electrons. The first-order chi connectivity index (χ1) is 8.61. The quantitative estimate of drug-likeness (QED) is 0.833. The summed E-state index contributed by atoms with van der Waals surface area (Å²) in [6.45, 7) is 5.02. The summed E-state index contributed by atoms with van der Waals surface area (Å²) in [6, 6.07) is 6.05. The topological polar surface area (TPSA) is 49.8 Å². The number of H-pyrrole nitrogens is 1. The number of carbonyl (C=O) groups is 1. The van der Waals surface area contributed by atoms with Crippen LogP contribution in [0, 0.1) is 11.7 Å². The molecule has 1 aromatic carbocycles. The van der Waals surface area contributed by atoms with Crippen LogP contribution in [0.3, 0.4) is 0 Å². The number of benzene rings is 1. The van der Waals surface area contributed by atoms with Crippen LogP contribution >= 0.6 is 12.2 Å². The number of hydrogen-bond donors (Lipinski definition) is 2. The number of fused-ring (bicyclic) bond motifs is 1. The van der Waals surface area contributed by atoms with Gasteiger partial charge in [0.2, 0.25) is 5.91 Å². The van der Waals surface area contributed by atoms with Crippen molar-refractivity contribution in [2.24, 2.45) is 0 Å². The Morgan fingerprint density at radius 2 is 2.28 bits per heavy atom. The van der Waals surface area contributed by atoms with Gasteiger partial charge < -0.3 is 14.9 Å². The Labute approximate surface area is 111 Å². The summed E-state index contributed by atoms with van der Waals surface area (Å²) in [7, 11) is 0. The van der Waals surface area contributed by atoms with E-state index in [4.69, 9.17) is 12.2 Å². The summed E-state index contributed by atoms with van der Waals surface area (Å²) < 4.78 is 2.42. The monoisotopic (exact) mass is 263 g/mol. The molecule has 5 heteroatoms. The highest BCUT2D eigenvalue weighted by molar-refractivity contribution is 7.71. The molecule has 0 atom stereocenters. The number of amides is 1. The minimum Gasteiger partial charge on any atom is -0.355 e. The Balaban J connectivity index is 2.32. The zero-order valence-corrected chi connectivity index (χ0v) is 11.4. The average molecular weight is 263 g/mol. The first-order valence-corrected chi connectivity index (χ1v) is 6.48. The Kier molecular flexibility index (Phi) is 3.81. The lowest BCUT2D eigenvalue weighted by Gasteiger charge is -2.06. The fraction of sp³-hybridized carbons (Fsp3) is 0.385. The van der Waals surface area contributed by atoms with Gasteiger partial charge in [0, 0.05) is 6.54 Å². The second-order valence-corrected chi connectivity index (χ2v) is 4.77. The third-order valence-electron chi connectivity index (χ3n) is 2.80. The number of nitrogens with zero attached hydrogens (tertiary/aromatic N) is 1. The van der Waals surface area contributed by atoms with E-state index >= 15 is 0 Å². The molecule has 2 N–H and O–H groups in total. The number of aromatic nitrogens is 2. The summed E-state index contributed by atoms with van der Waals surface area (Å²) in [5, 5.41) is 2.86. The Hall–Kier alpha value is -1.62. The Morgan fingerprint density at radius 1 is 1.50 bits per heavy atom. The van der Waals surface area contributed by atoms with Gasteiger partial charge in [0.1, 0.15) is 6.54 Å². The summed E-state index contributed by atoms with van der Waals surface area (Å²) in [4.78, 5) is 14.9. The average Bonchev–Trinajstić information content (AvgIpc) is 2.63. The molecule has 0 aliphatic rings. The SMILES string of the molecule is CCCNC(=O)Cn1c(=S)[nH]c2ccc(C)cc21. The normalized spacial score (nSPS) is 10.8. The molecule has 0 fully saturated rings. The fourth-order valence-corrected chi connectivity index (χ4v) is 2.16. The van der Waals surface area contributed by atoms with Crippen molar-refractivity contribution in [3.05, 3.63) is 28.5 Å². The number of imidazole rings is 1. The standard InChI is InChI=1S/C13H17N3OS/c1-3-6-14-12(17)8-16-11-7-9(2)4-5-10(11)15-13(16)18/h4-5,7H,3,6,8H2,1-2H3,(H,14,17)(H,15,18). The second kappa shape index (κ2) is 5.35. The minimum absolute atomic E-state index is 0.00430. The molecule has 0 saturated carbocycles. The van der Waals surface area contributed by atoms with Crippen LogP contribution in [0.25, 0.3) is 11.0 Å². The second-order valence-electron chi connectivity index (χ2n) is 4.39. The lowest BCUT2D eigenvalue weighted by Crippen LogP contribution is -2.28. The van der Waals surface area contributed by atoms with E-state index in [2.05, 4.69) is 10.3 Å². The van der Waals surface area contributed by atoms with Crippen molar-refractivity contribution in [3.8, 4) is 0 Å². The van der Waals surface area contributed by atoms with E-state index in [1.165, 1.54) is 0 Å². The molecule has 0 radical (unpaired) electrons. The third-order valence-corrected chi connectivity index (χ3v) is 3.13. The highest BCUT2D eigenvalue weighted by atomic mass is 32.1. The predicted molar refractivity (Wildman–Crippen MR) is 75.2 cm³/mol. The van der Waals surface area contributed by atoms with Gasteiger partial charge in [0.15, 0.2) is 4.77 Å². The van der Waals surface area contributed by atoms with Gasteiger partial charge in [-0.3, -0.25) is 4.79 Å². The molecule has 0 unspecified atom stereocenters. The summed E-state index contributed by atoms with van der Waals surface area (Å²) in [5.41, 5.74) is 3.10.